The second kappa shape index (κ2) is 5.27. The first-order valence-electron chi connectivity index (χ1n) is 5.77. The second-order valence-corrected chi connectivity index (χ2v) is 4.07. The lowest BCUT2D eigenvalue weighted by Gasteiger charge is -2.10. The van der Waals surface area contributed by atoms with Crippen molar-refractivity contribution in [2.24, 2.45) is 0 Å². The fourth-order valence-corrected chi connectivity index (χ4v) is 1.81. The van der Waals surface area contributed by atoms with E-state index in [0.29, 0.717) is 12.1 Å². The summed E-state index contributed by atoms with van der Waals surface area (Å²) in [6, 6.07) is 3.51. The van der Waals surface area contributed by atoms with Crippen molar-refractivity contribution in [2.45, 2.75) is 26.0 Å². The zero-order valence-electron chi connectivity index (χ0n) is 9.98. The molecule has 1 unspecified atom stereocenters. The number of nitrogens with zero attached hydrogens (tertiary/aromatic N) is 2. The molecule has 0 saturated heterocycles. The molecule has 0 fully saturated rings. The molecule has 2 aromatic rings. The van der Waals surface area contributed by atoms with Gasteiger partial charge in [0.15, 0.2) is 0 Å². The lowest BCUT2D eigenvalue weighted by molar-refractivity contribution is 0.209. The molecule has 0 saturated carbocycles. The van der Waals surface area contributed by atoms with Gasteiger partial charge in [0.1, 0.15) is 17.7 Å². The number of aromatic nitrogens is 2. The Balaban J connectivity index is 2.32. The van der Waals surface area contributed by atoms with Gasteiger partial charge < -0.3 is 5.11 Å². The van der Waals surface area contributed by atoms with Crippen LogP contribution in [0.4, 0.5) is 8.78 Å². The highest BCUT2D eigenvalue weighted by molar-refractivity contribution is 5.29. The predicted octanol–water partition coefficient (Wildman–Crippen LogP) is 2.65. The molecule has 0 spiro atoms. The largest absolute Gasteiger partial charge is 0.383 e. The van der Waals surface area contributed by atoms with Gasteiger partial charge in [0.05, 0.1) is 11.8 Å². The van der Waals surface area contributed by atoms with Crippen molar-refractivity contribution in [3.05, 3.63) is 53.4 Å². The highest BCUT2D eigenvalue weighted by Gasteiger charge is 2.20. The summed E-state index contributed by atoms with van der Waals surface area (Å²) in [5, 5.41) is 14.0. The third-order valence-corrected chi connectivity index (χ3v) is 2.69. The summed E-state index contributed by atoms with van der Waals surface area (Å²) in [4.78, 5) is 0. The maximum Gasteiger partial charge on any atom is 0.132 e. The van der Waals surface area contributed by atoms with Crippen LogP contribution < -0.4 is 0 Å². The first-order chi connectivity index (χ1) is 8.63. The maximum absolute atomic E-state index is 13.5. The van der Waals surface area contributed by atoms with Crippen LogP contribution in [0, 0.1) is 11.6 Å². The molecule has 1 aromatic carbocycles. The van der Waals surface area contributed by atoms with Crippen LogP contribution in [-0.2, 0) is 6.54 Å². The summed E-state index contributed by atoms with van der Waals surface area (Å²) in [5.41, 5.74) is 0.0426. The molecule has 96 valence electrons. The van der Waals surface area contributed by atoms with Crippen molar-refractivity contribution in [2.75, 3.05) is 0 Å². The van der Waals surface area contributed by atoms with Gasteiger partial charge >= 0.3 is 0 Å². The highest BCUT2D eigenvalue weighted by Crippen LogP contribution is 2.26. The normalized spacial score (nSPS) is 12.7. The minimum absolute atomic E-state index is 0.339. The molecule has 18 heavy (non-hydrogen) atoms. The van der Waals surface area contributed by atoms with E-state index in [2.05, 4.69) is 5.10 Å². The Hall–Kier alpha value is -1.75. The summed E-state index contributed by atoms with van der Waals surface area (Å²) < 4.78 is 28.7. The molecule has 0 radical (unpaired) electrons. The minimum atomic E-state index is -1.34. The van der Waals surface area contributed by atoms with Gasteiger partial charge in [-0.25, -0.2) is 8.78 Å². The van der Waals surface area contributed by atoms with Crippen molar-refractivity contribution < 1.29 is 13.9 Å². The third kappa shape index (κ3) is 2.41. The molecule has 0 bridgehead atoms. The Bertz CT molecular complexity index is 519. The van der Waals surface area contributed by atoms with Gasteiger partial charge in [0.25, 0.3) is 0 Å². The molecular formula is C13H14F2N2O. The summed E-state index contributed by atoms with van der Waals surface area (Å²) in [6.45, 7) is 2.70. The van der Waals surface area contributed by atoms with Gasteiger partial charge in [-0.15, -0.1) is 0 Å². The smallest absolute Gasteiger partial charge is 0.132 e. The minimum Gasteiger partial charge on any atom is -0.383 e. The quantitative estimate of drug-likeness (QED) is 0.908. The van der Waals surface area contributed by atoms with Gasteiger partial charge in [-0.2, -0.15) is 5.10 Å². The second-order valence-electron chi connectivity index (χ2n) is 4.07. The number of hydrogen-bond acceptors (Lipinski definition) is 2. The number of benzene rings is 1. The van der Waals surface area contributed by atoms with E-state index >= 15 is 0 Å². The van der Waals surface area contributed by atoms with E-state index < -0.39 is 17.7 Å². The molecule has 3 nitrogen and oxygen atoms in total. The molecule has 0 aliphatic carbocycles. The number of aliphatic hydroxyl groups is 1. The molecule has 0 amide bonds. The average Bonchev–Trinajstić information content (AvgIpc) is 2.78. The molecular weight excluding hydrogens is 238 g/mol. The fourth-order valence-electron chi connectivity index (χ4n) is 1.81. The van der Waals surface area contributed by atoms with Gasteiger partial charge in [0, 0.05) is 18.3 Å². The summed E-state index contributed by atoms with van der Waals surface area (Å²) in [6.07, 6.45) is 2.58. The lowest BCUT2D eigenvalue weighted by Crippen LogP contribution is -2.05. The molecule has 1 aromatic heterocycles. The molecule has 0 aliphatic heterocycles. The topological polar surface area (TPSA) is 38.0 Å². The van der Waals surface area contributed by atoms with Crippen LogP contribution in [0.3, 0.4) is 0 Å². The van der Waals surface area contributed by atoms with Gasteiger partial charge in [0.2, 0.25) is 0 Å². The number of hydrogen-bond donors (Lipinski definition) is 1. The molecule has 1 N–H and O–H groups in total. The Morgan fingerprint density at radius 1 is 1.33 bits per heavy atom. The van der Waals surface area contributed by atoms with Crippen LogP contribution in [0.5, 0.6) is 0 Å². The Morgan fingerprint density at radius 3 is 2.61 bits per heavy atom. The van der Waals surface area contributed by atoms with E-state index in [4.69, 9.17) is 0 Å². The van der Waals surface area contributed by atoms with Crippen LogP contribution in [0.15, 0.2) is 30.6 Å². The molecule has 1 atom stereocenters. The number of aliphatic hydroxyl groups excluding tert-OH is 1. The van der Waals surface area contributed by atoms with Crippen LogP contribution >= 0.6 is 0 Å². The Labute approximate surface area is 104 Å². The van der Waals surface area contributed by atoms with E-state index in [1.807, 2.05) is 6.92 Å². The molecule has 2 rings (SSSR count). The van der Waals surface area contributed by atoms with Crippen LogP contribution in [-0.4, -0.2) is 14.9 Å². The Morgan fingerprint density at radius 2 is 2.00 bits per heavy atom. The number of rotatable bonds is 4. The van der Waals surface area contributed by atoms with Gasteiger partial charge in [-0.3, -0.25) is 4.68 Å². The standard InChI is InChI=1S/C13H14F2N2O/c1-2-6-17-8-9(7-16-17)13(18)12-10(14)4-3-5-11(12)15/h3-5,7-8,13,18H,2,6H2,1H3. The van der Waals surface area contributed by atoms with Gasteiger partial charge in [-0.05, 0) is 18.6 Å². The van der Waals surface area contributed by atoms with E-state index in [-0.39, 0.29) is 5.56 Å². The Kier molecular flexibility index (Phi) is 3.72. The predicted molar refractivity (Wildman–Crippen MR) is 62.9 cm³/mol. The summed E-state index contributed by atoms with van der Waals surface area (Å²) >= 11 is 0. The van der Waals surface area contributed by atoms with Crippen LogP contribution in [0.2, 0.25) is 0 Å². The van der Waals surface area contributed by atoms with Crippen molar-refractivity contribution >= 4 is 0 Å². The molecule has 5 heteroatoms. The zero-order valence-corrected chi connectivity index (χ0v) is 9.98. The van der Waals surface area contributed by atoms with Crippen molar-refractivity contribution in [3.8, 4) is 0 Å². The van der Waals surface area contributed by atoms with E-state index in [0.717, 1.165) is 18.6 Å². The monoisotopic (exact) mass is 252 g/mol. The first kappa shape index (κ1) is 12.7. The highest BCUT2D eigenvalue weighted by atomic mass is 19.1. The summed E-state index contributed by atoms with van der Waals surface area (Å²) in [5.74, 6) is -1.52. The van der Waals surface area contributed by atoms with E-state index in [9.17, 15) is 13.9 Å². The molecule has 0 aliphatic rings. The fraction of sp³-hybridized carbons (Fsp3) is 0.308. The third-order valence-electron chi connectivity index (χ3n) is 2.69. The lowest BCUT2D eigenvalue weighted by atomic mass is 10.0. The number of aryl methyl sites for hydroxylation is 1. The zero-order chi connectivity index (χ0) is 13.1. The van der Waals surface area contributed by atoms with Gasteiger partial charge in [-0.1, -0.05) is 13.0 Å². The van der Waals surface area contributed by atoms with E-state index in [1.165, 1.54) is 12.3 Å². The summed E-state index contributed by atoms with van der Waals surface area (Å²) in [7, 11) is 0. The SMILES string of the molecule is CCCn1cc(C(O)c2c(F)cccc2F)cn1. The maximum atomic E-state index is 13.5. The van der Waals surface area contributed by atoms with Crippen molar-refractivity contribution in [1.82, 2.24) is 9.78 Å². The number of halogens is 2. The van der Waals surface area contributed by atoms with Crippen molar-refractivity contribution in [1.29, 1.82) is 0 Å². The van der Waals surface area contributed by atoms with Crippen LogP contribution in [0.1, 0.15) is 30.6 Å². The van der Waals surface area contributed by atoms with Crippen molar-refractivity contribution in [3.63, 3.8) is 0 Å². The first-order valence-corrected chi connectivity index (χ1v) is 5.77. The van der Waals surface area contributed by atoms with Crippen LogP contribution in [0.25, 0.3) is 0 Å². The van der Waals surface area contributed by atoms with E-state index in [1.54, 1.807) is 10.9 Å². The molecule has 1 heterocycles. The average molecular weight is 252 g/mol.